The van der Waals surface area contributed by atoms with E-state index in [4.69, 9.17) is 15.1 Å². The Bertz CT molecular complexity index is 1550. The summed E-state index contributed by atoms with van der Waals surface area (Å²) >= 11 is 0. The van der Waals surface area contributed by atoms with Gasteiger partial charge in [0.1, 0.15) is 17.5 Å². The van der Waals surface area contributed by atoms with Crippen LogP contribution in [0.1, 0.15) is 54.6 Å². The van der Waals surface area contributed by atoms with Gasteiger partial charge in [0.25, 0.3) is 5.91 Å². The molecular weight excluding hydrogens is 483 g/mol. The van der Waals surface area contributed by atoms with Crippen LogP contribution in [-0.2, 0) is 15.1 Å². The molecule has 1 aliphatic heterocycles. The minimum Gasteiger partial charge on any atom is -0.451 e. The number of anilines is 2. The maximum Gasteiger partial charge on any atom is 0.339 e. The number of hydrogen-bond acceptors (Lipinski definition) is 9. The number of nitrogens with zero attached hydrogens (tertiary/aromatic N) is 4. The van der Waals surface area contributed by atoms with Crippen LogP contribution in [0.25, 0.3) is 22.6 Å². The Morgan fingerprint density at radius 3 is 2.73 bits per heavy atom. The first-order valence-electron chi connectivity index (χ1n) is 11.9. The molecule has 4 N–H and O–H groups in total. The minimum absolute atomic E-state index is 0.0560. The molecule has 2 aromatic heterocycles. The maximum absolute atomic E-state index is 14.0. The largest absolute Gasteiger partial charge is 0.451 e. The van der Waals surface area contributed by atoms with E-state index in [2.05, 4.69) is 20.6 Å². The fourth-order valence-electron chi connectivity index (χ4n) is 5.38. The van der Waals surface area contributed by atoms with Crippen LogP contribution in [0.2, 0.25) is 0 Å². The molecular formula is C25H23FN6O5. The summed E-state index contributed by atoms with van der Waals surface area (Å²) in [6.45, 7) is 1.36. The van der Waals surface area contributed by atoms with Crippen molar-refractivity contribution in [1.29, 1.82) is 0 Å². The van der Waals surface area contributed by atoms with Crippen molar-refractivity contribution in [3.63, 3.8) is 0 Å². The third-order valence-corrected chi connectivity index (χ3v) is 7.17. The lowest BCUT2D eigenvalue weighted by Gasteiger charge is -2.37. The predicted molar refractivity (Wildman–Crippen MR) is 129 cm³/mol. The zero-order chi connectivity index (χ0) is 25.9. The number of nitrogens with one attached hydrogen (secondary N) is 1. The van der Waals surface area contributed by atoms with E-state index in [1.165, 1.54) is 19.1 Å². The van der Waals surface area contributed by atoms with Gasteiger partial charge in [-0.3, -0.25) is 4.79 Å². The Balaban J connectivity index is 1.31. The molecule has 1 aliphatic carbocycles. The van der Waals surface area contributed by atoms with Gasteiger partial charge >= 0.3 is 5.97 Å². The number of imidazole rings is 1. The molecule has 37 heavy (non-hydrogen) atoms. The smallest absolute Gasteiger partial charge is 0.339 e. The van der Waals surface area contributed by atoms with Crippen LogP contribution in [0.4, 0.5) is 15.9 Å². The van der Waals surface area contributed by atoms with Crippen molar-refractivity contribution in [2.45, 2.75) is 50.4 Å². The Hall–Kier alpha value is -4.32. The molecule has 1 fully saturated rings. The lowest BCUT2D eigenvalue weighted by atomic mass is 9.77. The Labute approximate surface area is 209 Å². The van der Waals surface area contributed by atoms with Crippen molar-refractivity contribution >= 4 is 34.4 Å². The van der Waals surface area contributed by atoms with Gasteiger partial charge in [0.2, 0.25) is 0 Å². The van der Waals surface area contributed by atoms with E-state index in [1.54, 1.807) is 24.3 Å². The Kier molecular flexibility index (Phi) is 5.23. The third-order valence-electron chi connectivity index (χ3n) is 7.17. The lowest BCUT2D eigenvalue weighted by molar-refractivity contribution is -0.123. The highest BCUT2D eigenvalue weighted by molar-refractivity contribution is 5.99. The standard InChI is InChI=1S/C25H23FN6O5/c1-12(33)23(34)28-14-3-4-17-16(11-14)24(35)36-25(17)8-6-15(7-9-25)32-19-5-2-13(26)10-18(19)29-22(32)20-21(27)31-37-30-20/h2-5,10-12,15,33H,6-9H2,1H3,(H2,27,31)(H,28,34)/t12-,15?,25?/m0/s1. The average Bonchev–Trinajstić information content (AvgIpc) is 3.53. The Morgan fingerprint density at radius 1 is 1.24 bits per heavy atom. The first-order valence-corrected chi connectivity index (χ1v) is 11.9. The van der Waals surface area contributed by atoms with Crippen LogP contribution in [0.15, 0.2) is 41.0 Å². The van der Waals surface area contributed by atoms with Crippen LogP contribution >= 0.6 is 0 Å². The van der Waals surface area contributed by atoms with Gasteiger partial charge in [-0.05, 0) is 67.2 Å². The van der Waals surface area contributed by atoms with E-state index in [0.29, 0.717) is 48.3 Å². The topological polar surface area (TPSA) is 158 Å². The van der Waals surface area contributed by atoms with Crippen molar-refractivity contribution in [2.24, 2.45) is 0 Å². The van der Waals surface area contributed by atoms with E-state index in [1.807, 2.05) is 4.57 Å². The van der Waals surface area contributed by atoms with Gasteiger partial charge in [-0.1, -0.05) is 6.07 Å². The number of nitrogens with two attached hydrogens (primary N) is 1. The molecule has 190 valence electrons. The quantitative estimate of drug-likeness (QED) is 0.353. The highest BCUT2D eigenvalue weighted by Gasteiger charge is 2.48. The summed E-state index contributed by atoms with van der Waals surface area (Å²) in [5.74, 6) is -0.903. The van der Waals surface area contributed by atoms with Crippen LogP contribution < -0.4 is 11.1 Å². The maximum atomic E-state index is 14.0. The van der Waals surface area contributed by atoms with Crippen molar-refractivity contribution in [2.75, 3.05) is 11.1 Å². The number of aromatic nitrogens is 4. The summed E-state index contributed by atoms with van der Waals surface area (Å²) in [7, 11) is 0. The molecule has 1 atom stereocenters. The number of halogens is 1. The molecule has 1 spiro atoms. The van der Waals surface area contributed by atoms with Gasteiger partial charge in [0, 0.05) is 23.4 Å². The van der Waals surface area contributed by atoms with E-state index in [-0.39, 0.29) is 17.6 Å². The minimum atomic E-state index is -1.18. The van der Waals surface area contributed by atoms with Gasteiger partial charge in [0.15, 0.2) is 17.3 Å². The molecule has 11 nitrogen and oxygen atoms in total. The number of ether oxygens (including phenoxy) is 1. The molecule has 2 aliphatic rings. The molecule has 0 saturated heterocycles. The molecule has 0 radical (unpaired) electrons. The number of rotatable bonds is 4. The summed E-state index contributed by atoms with van der Waals surface area (Å²) in [4.78, 5) is 29.2. The fourth-order valence-corrected chi connectivity index (χ4v) is 5.38. The number of carbonyl (C=O) groups is 2. The van der Waals surface area contributed by atoms with E-state index in [0.717, 1.165) is 11.1 Å². The normalized spacial score (nSPS) is 21.7. The summed E-state index contributed by atoms with van der Waals surface area (Å²) in [6, 6.07) is 9.41. The summed E-state index contributed by atoms with van der Waals surface area (Å²) in [5.41, 5.74) is 8.21. The van der Waals surface area contributed by atoms with Crippen molar-refractivity contribution in [3.8, 4) is 11.5 Å². The second kappa shape index (κ2) is 8.37. The molecule has 4 aromatic rings. The number of carbonyl (C=O) groups excluding carboxylic acids is 2. The summed E-state index contributed by atoms with van der Waals surface area (Å²) < 4.78 is 26.6. The number of aliphatic hydroxyl groups is 1. The highest BCUT2D eigenvalue weighted by atomic mass is 19.1. The first-order chi connectivity index (χ1) is 17.8. The van der Waals surface area contributed by atoms with Crippen molar-refractivity contribution in [3.05, 3.63) is 53.3 Å². The van der Waals surface area contributed by atoms with Gasteiger partial charge in [-0.15, -0.1) is 0 Å². The van der Waals surface area contributed by atoms with Gasteiger partial charge in [0.05, 0.1) is 16.6 Å². The van der Waals surface area contributed by atoms with Gasteiger partial charge in [-0.2, -0.15) is 0 Å². The van der Waals surface area contributed by atoms with E-state index < -0.39 is 29.4 Å². The number of fused-ring (bicyclic) bond motifs is 3. The number of esters is 1. The fraction of sp³-hybridized carbons (Fsp3) is 0.320. The first kappa shape index (κ1) is 23.1. The molecule has 1 saturated carbocycles. The second-order valence-corrected chi connectivity index (χ2v) is 9.48. The third kappa shape index (κ3) is 3.71. The molecule has 6 rings (SSSR count). The Morgan fingerprint density at radius 2 is 2.03 bits per heavy atom. The number of aliphatic hydroxyl groups excluding tert-OH is 1. The molecule has 12 heteroatoms. The number of hydrogen-bond donors (Lipinski definition) is 3. The zero-order valence-corrected chi connectivity index (χ0v) is 19.8. The monoisotopic (exact) mass is 506 g/mol. The summed E-state index contributed by atoms with van der Waals surface area (Å²) in [6.07, 6.45) is 1.18. The predicted octanol–water partition coefficient (Wildman–Crippen LogP) is 3.31. The zero-order valence-electron chi connectivity index (χ0n) is 19.8. The van der Waals surface area contributed by atoms with Crippen molar-refractivity contribution in [1.82, 2.24) is 19.9 Å². The van der Waals surface area contributed by atoms with E-state index >= 15 is 0 Å². The van der Waals surface area contributed by atoms with Crippen molar-refractivity contribution < 1.29 is 28.5 Å². The van der Waals surface area contributed by atoms with Crippen LogP contribution in [0, 0.1) is 5.82 Å². The number of benzene rings is 2. The number of amides is 1. The van der Waals surface area contributed by atoms with E-state index in [9.17, 15) is 19.1 Å². The molecule has 3 heterocycles. The molecule has 1 amide bonds. The average molecular weight is 506 g/mol. The number of nitrogen functional groups attached to an aromatic ring is 1. The van der Waals surface area contributed by atoms with Crippen LogP contribution in [-0.4, -0.2) is 43.0 Å². The van der Waals surface area contributed by atoms with Crippen LogP contribution in [0.3, 0.4) is 0 Å². The second-order valence-electron chi connectivity index (χ2n) is 9.48. The van der Waals surface area contributed by atoms with Crippen LogP contribution in [0.5, 0.6) is 0 Å². The molecule has 2 aromatic carbocycles. The van der Waals surface area contributed by atoms with Gasteiger partial charge < -0.3 is 25.5 Å². The lowest BCUT2D eigenvalue weighted by Crippen LogP contribution is -2.33. The summed E-state index contributed by atoms with van der Waals surface area (Å²) in [5, 5.41) is 19.6. The van der Waals surface area contributed by atoms with Gasteiger partial charge in [-0.25, -0.2) is 18.8 Å². The molecule has 0 bridgehead atoms. The SMILES string of the molecule is C[C@H](O)C(=O)Nc1ccc2c(c1)C(=O)OC21CCC(n2c(-c3nonc3N)nc3cc(F)ccc32)CC1. The molecule has 0 unspecified atom stereocenters. The highest BCUT2D eigenvalue weighted by Crippen LogP contribution is 2.50.